The standard InChI is InChI=1S/C10H10F6O4/c1-5(2)6(11)3-19-8(4-18-7(17)20-8)9(12,13)10(14,15)16/h3-4H2,1-2H3. The van der Waals surface area contributed by atoms with Gasteiger partial charge in [0.05, 0.1) is 0 Å². The molecule has 1 unspecified atom stereocenters. The van der Waals surface area contributed by atoms with Gasteiger partial charge in [-0.1, -0.05) is 0 Å². The highest BCUT2D eigenvalue weighted by Gasteiger charge is 2.76. The van der Waals surface area contributed by atoms with E-state index in [0.717, 1.165) is 0 Å². The lowest BCUT2D eigenvalue weighted by Gasteiger charge is -2.33. The molecule has 0 aliphatic carbocycles. The molecule has 1 fully saturated rings. The Balaban J connectivity index is 3.07. The van der Waals surface area contributed by atoms with Crippen molar-refractivity contribution in [3.05, 3.63) is 11.4 Å². The Labute approximate surface area is 109 Å². The van der Waals surface area contributed by atoms with E-state index in [-0.39, 0.29) is 5.57 Å². The molecular formula is C10H10F6O4. The number of hydrogen-bond acceptors (Lipinski definition) is 4. The third kappa shape index (κ3) is 2.84. The second-order valence-electron chi connectivity index (χ2n) is 4.16. The average Bonchev–Trinajstić information content (AvgIpc) is 2.67. The lowest BCUT2D eigenvalue weighted by molar-refractivity contribution is -0.392. The fourth-order valence-electron chi connectivity index (χ4n) is 1.20. The molecule has 0 N–H and O–H groups in total. The number of rotatable bonds is 4. The number of cyclic esters (lactones) is 2. The summed E-state index contributed by atoms with van der Waals surface area (Å²) in [7, 11) is 0. The monoisotopic (exact) mass is 308 g/mol. The van der Waals surface area contributed by atoms with E-state index in [0.29, 0.717) is 0 Å². The number of carbonyl (C=O) groups is 1. The van der Waals surface area contributed by atoms with E-state index in [9.17, 15) is 31.1 Å². The Kier molecular flexibility index (Phi) is 4.28. The second-order valence-corrected chi connectivity index (χ2v) is 4.16. The highest BCUT2D eigenvalue weighted by molar-refractivity contribution is 5.62. The minimum Gasteiger partial charge on any atom is -0.427 e. The van der Waals surface area contributed by atoms with Crippen LogP contribution in [0.25, 0.3) is 0 Å². The number of allylic oxidation sites excluding steroid dienone is 1. The Hall–Kier alpha value is -1.45. The Morgan fingerprint density at radius 2 is 1.85 bits per heavy atom. The second kappa shape index (κ2) is 5.15. The zero-order valence-electron chi connectivity index (χ0n) is 10.3. The van der Waals surface area contributed by atoms with Gasteiger partial charge in [0.2, 0.25) is 0 Å². The van der Waals surface area contributed by atoms with E-state index < -0.39 is 43.1 Å². The van der Waals surface area contributed by atoms with Crippen molar-refractivity contribution >= 4 is 6.16 Å². The minimum atomic E-state index is -6.07. The molecule has 1 aliphatic rings. The van der Waals surface area contributed by atoms with Crippen LogP contribution in [0, 0.1) is 0 Å². The molecule has 1 heterocycles. The Morgan fingerprint density at radius 3 is 2.20 bits per heavy atom. The van der Waals surface area contributed by atoms with Gasteiger partial charge in [0.25, 0.3) is 0 Å². The van der Waals surface area contributed by atoms with Gasteiger partial charge < -0.3 is 14.2 Å². The Morgan fingerprint density at radius 1 is 1.30 bits per heavy atom. The third-order valence-electron chi connectivity index (χ3n) is 2.44. The summed E-state index contributed by atoms with van der Waals surface area (Å²) in [6, 6.07) is 0. The molecule has 20 heavy (non-hydrogen) atoms. The summed E-state index contributed by atoms with van der Waals surface area (Å²) in [6.07, 6.45) is -7.82. The summed E-state index contributed by atoms with van der Waals surface area (Å²) in [6.45, 7) is -0.214. The quantitative estimate of drug-likeness (QED) is 0.590. The van der Waals surface area contributed by atoms with Crippen molar-refractivity contribution < 1.29 is 45.3 Å². The molecule has 4 nitrogen and oxygen atoms in total. The zero-order chi connectivity index (χ0) is 15.8. The molecule has 0 bridgehead atoms. The smallest absolute Gasteiger partial charge is 0.427 e. The molecule has 0 aromatic rings. The van der Waals surface area contributed by atoms with Crippen molar-refractivity contribution in [2.45, 2.75) is 31.7 Å². The van der Waals surface area contributed by atoms with Crippen molar-refractivity contribution in [3.8, 4) is 0 Å². The molecular weight excluding hydrogens is 298 g/mol. The molecule has 0 amide bonds. The molecule has 0 radical (unpaired) electrons. The lowest BCUT2D eigenvalue weighted by atomic mass is 10.1. The van der Waals surface area contributed by atoms with Gasteiger partial charge in [-0.2, -0.15) is 22.0 Å². The maximum Gasteiger partial charge on any atom is 0.511 e. The van der Waals surface area contributed by atoms with Gasteiger partial charge in [-0.15, -0.1) is 0 Å². The lowest BCUT2D eigenvalue weighted by Crippen LogP contribution is -2.60. The topological polar surface area (TPSA) is 44.8 Å². The van der Waals surface area contributed by atoms with Crippen LogP contribution in [0.4, 0.5) is 31.1 Å². The van der Waals surface area contributed by atoms with Crippen molar-refractivity contribution in [2.24, 2.45) is 0 Å². The Bertz CT molecular complexity index is 426. The van der Waals surface area contributed by atoms with Crippen LogP contribution in [0.2, 0.25) is 0 Å². The van der Waals surface area contributed by atoms with Crippen molar-refractivity contribution in [3.63, 3.8) is 0 Å². The van der Waals surface area contributed by atoms with E-state index in [1.807, 2.05) is 0 Å². The van der Waals surface area contributed by atoms with Gasteiger partial charge in [-0.05, 0) is 19.4 Å². The fourth-order valence-corrected chi connectivity index (χ4v) is 1.20. The van der Waals surface area contributed by atoms with Crippen LogP contribution in [0.15, 0.2) is 11.4 Å². The summed E-state index contributed by atoms with van der Waals surface area (Å²) in [5.74, 6) is -10.4. The van der Waals surface area contributed by atoms with Crippen molar-refractivity contribution in [1.82, 2.24) is 0 Å². The first-order chi connectivity index (χ1) is 8.93. The van der Waals surface area contributed by atoms with Gasteiger partial charge in [0, 0.05) is 0 Å². The van der Waals surface area contributed by atoms with Crippen LogP contribution in [-0.4, -0.2) is 37.3 Å². The molecule has 10 heteroatoms. The SMILES string of the molecule is CC(C)=C(F)COC1(C(F)(F)C(F)(F)F)COC(=O)O1. The molecule has 0 spiro atoms. The summed E-state index contributed by atoms with van der Waals surface area (Å²) < 4.78 is 89.0. The molecule has 1 saturated heterocycles. The van der Waals surface area contributed by atoms with E-state index in [4.69, 9.17) is 0 Å². The number of ether oxygens (including phenoxy) is 3. The van der Waals surface area contributed by atoms with E-state index in [2.05, 4.69) is 14.2 Å². The fraction of sp³-hybridized carbons (Fsp3) is 0.700. The van der Waals surface area contributed by atoms with E-state index in [1.54, 1.807) is 0 Å². The van der Waals surface area contributed by atoms with Crippen LogP contribution < -0.4 is 0 Å². The molecule has 0 aromatic heterocycles. The van der Waals surface area contributed by atoms with Gasteiger partial charge in [0.15, 0.2) is 6.61 Å². The van der Waals surface area contributed by atoms with Crippen LogP contribution in [0.1, 0.15) is 13.8 Å². The summed E-state index contributed by atoms with van der Waals surface area (Å²) in [5, 5.41) is 0. The first-order valence-electron chi connectivity index (χ1n) is 5.19. The van der Waals surface area contributed by atoms with Gasteiger partial charge in [0.1, 0.15) is 12.4 Å². The van der Waals surface area contributed by atoms with Gasteiger partial charge in [-0.25, -0.2) is 9.18 Å². The predicted octanol–water partition coefficient (Wildman–Crippen LogP) is 3.33. The number of carbonyl (C=O) groups excluding carboxylic acids is 1. The third-order valence-corrected chi connectivity index (χ3v) is 2.44. The number of halogens is 6. The van der Waals surface area contributed by atoms with Crippen LogP contribution in [0.3, 0.4) is 0 Å². The van der Waals surface area contributed by atoms with E-state index in [1.165, 1.54) is 13.8 Å². The average molecular weight is 308 g/mol. The first-order valence-corrected chi connectivity index (χ1v) is 5.19. The van der Waals surface area contributed by atoms with Crippen LogP contribution in [0.5, 0.6) is 0 Å². The van der Waals surface area contributed by atoms with Crippen LogP contribution >= 0.6 is 0 Å². The normalized spacial score (nSPS) is 23.3. The van der Waals surface area contributed by atoms with Crippen molar-refractivity contribution in [1.29, 1.82) is 0 Å². The molecule has 0 saturated carbocycles. The summed E-state index contributed by atoms with van der Waals surface area (Å²) in [4.78, 5) is 10.7. The highest BCUT2D eigenvalue weighted by atomic mass is 19.4. The molecule has 0 aromatic carbocycles. The van der Waals surface area contributed by atoms with Crippen LogP contribution in [-0.2, 0) is 14.2 Å². The molecule has 1 rings (SSSR count). The minimum absolute atomic E-state index is 0.0146. The molecule has 116 valence electrons. The largest absolute Gasteiger partial charge is 0.511 e. The summed E-state index contributed by atoms with van der Waals surface area (Å²) >= 11 is 0. The zero-order valence-corrected chi connectivity index (χ0v) is 10.3. The van der Waals surface area contributed by atoms with Gasteiger partial charge in [-0.3, -0.25) is 0 Å². The van der Waals surface area contributed by atoms with Crippen molar-refractivity contribution in [2.75, 3.05) is 13.2 Å². The molecule has 1 aliphatic heterocycles. The van der Waals surface area contributed by atoms with E-state index >= 15 is 0 Å². The number of alkyl halides is 5. The first kappa shape index (κ1) is 16.6. The molecule has 1 atom stereocenters. The number of hydrogen-bond donors (Lipinski definition) is 0. The maximum absolute atomic E-state index is 13.4. The highest BCUT2D eigenvalue weighted by Crippen LogP contribution is 2.48. The maximum atomic E-state index is 13.4. The van der Waals surface area contributed by atoms with Gasteiger partial charge >= 0.3 is 24.0 Å². The predicted molar refractivity (Wildman–Crippen MR) is 51.6 cm³/mol. The summed E-state index contributed by atoms with van der Waals surface area (Å²) in [5.41, 5.74) is 0.0146.